The average molecular weight is 296 g/mol. The molecule has 3 atom stereocenters. The number of ether oxygens (including phenoxy) is 1. The number of esters is 1. The van der Waals surface area contributed by atoms with Gasteiger partial charge >= 0.3 is 5.97 Å². The average Bonchev–Trinajstić information content (AvgIpc) is 3.22. The third-order valence-corrected chi connectivity index (χ3v) is 4.84. The van der Waals surface area contributed by atoms with Crippen LogP contribution in [-0.2, 0) is 9.53 Å². The van der Waals surface area contributed by atoms with Crippen molar-refractivity contribution < 1.29 is 9.53 Å². The molecule has 0 amide bonds. The van der Waals surface area contributed by atoms with Crippen molar-refractivity contribution in [3.63, 3.8) is 0 Å². The van der Waals surface area contributed by atoms with E-state index in [-0.39, 0.29) is 5.97 Å². The van der Waals surface area contributed by atoms with Gasteiger partial charge in [0.1, 0.15) is 5.54 Å². The Morgan fingerprint density at radius 1 is 1.43 bits per heavy atom. The highest BCUT2D eigenvalue weighted by Crippen LogP contribution is 2.28. The van der Waals surface area contributed by atoms with Crippen molar-refractivity contribution in [2.45, 2.75) is 77.4 Å². The first-order valence-corrected chi connectivity index (χ1v) is 8.63. The fraction of sp³-hybridized carbons (Fsp3) is 0.941. The largest absolute Gasteiger partial charge is 0.465 e. The monoisotopic (exact) mass is 296 g/mol. The minimum absolute atomic E-state index is 0.0891. The van der Waals surface area contributed by atoms with E-state index < -0.39 is 5.54 Å². The van der Waals surface area contributed by atoms with E-state index in [0.717, 1.165) is 25.4 Å². The first-order chi connectivity index (χ1) is 9.94. The van der Waals surface area contributed by atoms with E-state index >= 15 is 0 Å². The molecule has 0 radical (unpaired) electrons. The summed E-state index contributed by atoms with van der Waals surface area (Å²) in [6.45, 7) is 11.3. The van der Waals surface area contributed by atoms with Crippen molar-refractivity contribution in [2.24, 2.45) is 5.92 Å². The fourth-order valence-electron chi connectivity index (χ4n) is 3.52. The van der Waals surface area contributed by atoms with Crippen molar-refractivity contribution in [3.8, 4) is 0 Å². The molecule has 0 bridgehead atoms. The van der Waals surface area contributed by atoms with Crippen LogP contribution in [0, 0.1) is 5.92 Å². The summed E-state index contributed by atoms with van der Waals surface area (Å²) in [4.78, 5) is 14.9. The number of rotatable bonds is 7. The van der Waals surface area contributed by atoms with Crippen LogP contribution < -0.4 is 5.32 Å². The van der Waals surface area contributed by atoms with Crippen LogP contribution in [0.4, 0.5) is 0 Å². The van der Waals surface area contributed by atoms with Crippen molar-refractivity contribution in [1.82, 2.24) is 10.2 Å². The van der Waals surface area contributed by atoms with Crippen molar-refractivity contribution in [2.75, 3.05) is 19.7 Å². The predicted molar refractivity (Wildman–Crippen MR) is 85.2 cm³/mol. The van der Waals surface area contributed by atoms with Crippen LogP contribution in [0.2, 0.25) is 0 Å². The van der Waals surface area contributed by atoms with Crippen LogP contribution in [0.3, 0.4) is 0 Å². The van der Waals surface area contributed by atoms with Crippen LogP contribution >= 0.6 is 0 Å². The van der Waals surface area contributed by atoms with Crippen molar-refractivity contribution in [1.29, 1.82) is 0 Å². The number of carbonyl (C=O) groups is 1. The summed E-state index contributed by atoms with van der Waals surface area (Å²) < 4.78 is 5.33. The van der Waals surface area contributed by atoms with Gasteiger partial charge in [0.25, 0.3) is 0 Å². The molecule has 1 heterocycles. The Balaban J connectivity index is 1.97. The SMILES string of the molecule is CCOC(=O)C(C)(CC(C)N1CCCC(C)C1)NC1CC1. The molecule has 2 rings (SSSR count). The second kappa shape index (κ2) is 7.10. The molecule has 2 fully saturated rings. The number of hydrogen-bond acceptors (Lipinski definition) is 4. The van der Waals surface area contributed by atoms with Gasteiger partial charge in [-0.15, -0.1) is 0 Å². The highest BCUT2D eigenvalue weighted by molar-refractivity contribution is 5.80. The van der Waals surface area contributed by atoms with E-state index in [1.807, 2.05) is 13.8 Å². The molecule has 1 aliphatic heterocycles. The second-order valence-electron chi connectivity index (χ2n) is 7.27. The molecular weight excluding hydrogens is 264 g/mol. The molecule has 2 aliphatic rings. The molecule has 1 N–H and O–H groups in total. The zero-order valence-electron chi connectivity index (χ0n) is 14.2. The van der Waals surface area contributed by atoms with Gasteiger partial charge in [-0.3, -0.25) is 10.1 Å². The fourth-order valence-corrected chi connectivity index (χ4v) is 3.52. The second-order valence-corrected chi connectivity index (χ2v) is 7.27. The summed E-state index contributed by atoms with van der Waals surface area (Å²) in [6, 6.07) is 0.917. The quantitative estimate of drug-likeness (QED) is 0.733. The molecule has 0 aromatic rings. The van der Waals surface area contributed by atoms with E-state index in [4.69, 9.17) is 4.74 Å². The van der Waals surface area contributed by atoms with E-state index in [1.165, 1.54) is 25.7 Å². The lowest BCUT2D eigenvalue weighted by Gasteiger charge is -2.39. The van der Waals surface area contributed by atoms with E-state index in [1.54, 1.807) is 0 Å². The molecule has 1 saturated carbocycles. The van der Waals surface area contributed by atoms with E-state index in [9.17, 15) is 4.79 Å². The number of piperidine rings is 1. The Morgan fingerprint density at radius 3 is 2.71 bits per heavy atom. The number of hydrogen-bond donors (Lipinski definition) is 1. The third kappa shape index (κ3) is 4.68. The standard InChI is InChI=1S/C17H32N2O2/c1-5-21-16(20)17(4,18-15-8-9-15)11-14(3)19-10-6-7-13(2)12-19/h13-15,18H,5-12H2,1-4H3. The maximum absolute atomic E-state index is 12.4. The Bertz CT molecular complexity index is 357. The Morgan fingerprint density at radius 2 is 2.14 bits per heavy atom. The molecule has 0 aromatic carbocycles. The topological polar surface area (TPSA) is 41.6 Å². The predicted octanol–water partition coefficient (Wildman–Crippen LogP) is 2.57. The van der Waals surface area contributed by atoms with Crippen LogP contribution in [0.15, 0.2) is 0 Å². The highest BCUT2D eigenvalue weighted by atomic mass is 16.5. The summed E-state index contributed by atoms with van der Waals surface area (Å²) in [6.07, 6.45) is 5.81. The zero-order valence-corrected chi connectivity index (χ0v) is 14.2. The van der Waals surface area contributed by atoms with E-state index in [2.05, 4.69) is 24.1 Å². The van der Waals surface area contributed by atoms with Crippen molar-refractivity contribution in [3.05, 3.63) is 0 Å². The summed E-state index contributed by atoms with van der Waals surface area (Å²) >= 11 is 0. The summed E-state index contributed by atoms with van der Waals surface area (Å²) in [5.41, 5.74) is -0.544. The lowest BCUT2D eigenvalue weighted by Crippen LogP contribution is -2.55. The normalized spacial score (nSPS) is 27.9. The number of carbonyl (C=O) groups excluding carboxylic acids is 1. The molecule has 122 valence electrons. The van der Waals surface area contributed by atoms with Gasteiger partial charge < -0.3 is 9.64 Å². The van der Waals surface area contributed by atoms with E-state index in [0.29, 0.717) is 18.7 Å². The maximum Gasteiger partial charge on any atom is 0.326 e. The first-order valence-electron chi connectivity index (χ1n) is 8.63. The van der Waals surface area contributed by atoms with Gasteiger partial charge in [-0.1, -0.05) is 6.92 Å². The van der Waals surface area contributed by atoms with Gasteiger partial charge in [-0.2, -0.15) is 0 Å². The van der Waals surface area contributed by atoms with Crippen LogP contribution in [0.5, 0.6) is 0 Å². The number of likely N-dealkylation sites (tertiary alicyclic amines) is 1. The van der Waals surface area contributed by atoms with Gasteiger partial charge in [0, 0.05) is 18.6 Å². The van der Waals surface area contributed by atoms with Gasteiger partial charge in [-0.25, -0.2) is 0 Å². The molecule has 0 spiro atoms. The Hall–Kier alpha value is -0.610. The van der Waals surface area contributed by atoms with Crippen molar-refractivity contribution >= 4 is 5.97 Å². The molecule has 1 saturated heterocycles. The molecule has 0 aromatic heterocycles. The number of nitrogens with one attached hydrogen (secondary N) is 1. The highest BCUT2D eigenvalue weighted by Gasteiger charge is 2.41. The minimum Gasteiger partial charge on any atom is -0.465 e. The Kier molecular flexibility index (Phi) is 5.67. The van der Waals surface area contributed by atoms with Crippen LogP contribution in [-0.4, -0.2) is 48.2 Å². The molecule has 3 unspecified atom stereocenters. The molecule has 4 nitrogen and oxygen atoms in total. The minimum atomic E-state index is -0.544. The Labute approximate surface area is 129 Å². The molecular formula is C17H32N2O2. The van der Waals surface area contributed by atoms with Gasteiger partial charge in [0.05, 0.1) is 6.61 Å². The lowest BCUT2D eigenvalue weighted by molar-refractivity contribution is -0.151. The third-order valence-electron chi connectivity index (χ3n) is 4.84. The van der Waals surface area contributed by atoms with Crippen LogP contribution in [0.25, 0.3) is 0 Å². The first kappa shape index (κ1) is 16.8. The van der Waals surface area contributed by atoms with Gasteiger partial charge in [0.15, 0.2) is 0 Å². The molecule has 4 heteroatoms. The smallest absolute Gasteiger partial charge is 0.326 e. The summed E-state index contributed by atoms with van der Waals surface area (Å²) in [5.74, 6) is 0.681. The van der Waals surface area contributed by atoms with Crippen LogP contribution in [0.1, 0.15) is 59.8 Å². The molecule has 1 aliphatic carbocycles. The maximum atomic E-state index is 12.4. The summed E-state index contributed by atoms with van der Waals surface area (Å²) in [5, 5.41) is 3.53. The zero-order chi connectivity index (χ0) is 15.5. The molecule has 21 heavy (non-hydrogen) atoms. The lowest BCUT2D eigenvalue weighted by atomic mass is 9.90. The number of nitrogens with zero attached hydrogens (tertiary/aromatic N) is 1. The summed E-state index contributed by atoms with van der Waals surface area (Å²) in [7, 11) is 0. The van der Waals surface area contributed by atoms with Gasteiger partial charge in [0.2, 0.25) is 0 Å². The van der Waals surface area contributed by atoms with Gasteiger partial charge in [-0.05, 0) is 65.3 Å².